The van der Waals surface area contributed by atoms with Gasteiger partial charge in [0.05, 0.1) is 12.1 Å². The Labute approximate surface area is 207 Å². The van der Waals surface area contributed by atoms with Gasteiger partial charge in [0.25, 0.3) is 0 Å². The summed E-state index contributed by atoms with van der Waals surface area (Å²) >= 11 is 0. The smallest absolute Gasteiger partial charge is 0.245 e. The summed E-state index contributed by atoms with van der Waals surface area (Å²) in [5.41, 5.74) is 2.08. The number of hydrogen-bond acceptors (Lipinski definition) is 4. The fourth-order valence-corrected chi connectivity index (χ4v) is 4.84. The molecule has 0 radical (unpaired) electrons. The molecule has 1 heterocycles. The molecule has 0 bridgehead atoms. The highest BCUT2D eigenvalue weighted by Gasteiger charge is 2.34. The van der Waals surface area contributed by atoms with Gasteiger partial charge in [-0.25, -0.2) is 0 Å². The Morgan fingerprint density at radius 3 is 2.29 bits per heavy atom. The number of benzene rings is 3. The SMILES string of the molecule is CN[C@H](Cc1ccc2ccccc2c1)C(=O)N(C)[C@H](Cc1ccccc1)C(=O)N1CCC(O)CC1. The van der Waals surface area contributed by atoms with Crippen molar-refractivity contribution in [3.05, 3.63) is 83.9 Å². The van der Waals surface area contributed by atoms with Crippen LogP contribution in [-0.2, 0) is 22.4 Å². The number of carbonyl (C=O) groups is 2. The van der Waals surface area contributed by atoms with Crippen LogP contribution in [-0.4, -0.2) is 72.1 Å². The lowest BCUT2D eigenvalue weighted by Crippen LogP contribution is -2.56. The first-order valence-electron chi connectivity index (χ1n) is 12.4. The van der Waals surface area contributed by atoms with Gasteiger partial charge in [-0.1, -0.05) is 72.8 Å². The molecule has 1 fully saturated rings. The first-order chi connectivity index (χ1) is 17.0. The summed E-state index contributed by atoms with van der Waals surface area (Å²) in [7, 11) is 3.52. The van der Waals surface area contributed by atoms with Crippen LogP contribution in [0.1, 0.15) is 24.0 Å². The zero-order chi connectivity index (χ0) is 24.8. The van der Waals surface area contributed by atoms with Crippen LogP contribution in [0.5, 0.6) is 0 Å². The van der Waals surface area contributed by atoms with Gasteiger partial charge < -0.3 is 20.2 Å². The van der Waals surface area contributed by atoms with Gasteiger partial charge in [-0.05, 0) is 48.2 Å². The number of nitrogens with zero attached hydrogens (tertiary/aromatic N) is 2. The van der Waals surface area contributed by atoms with Gasteiger partial charge >= 0.3 is 0 Å². The van der Waals surface area contributed by atoms with Crippen molar-refractivity contribution in [1.82, 2.24) is 15.1 Å². The third-order valence-corrected chi connectivity index (χ3v) is 7.05. The molecule has 2 N–H and O–H groups in total. The van der Waals surface area contributed by atoms with Crippen molar-refractivity contribution in [2.45, 2.75) is 43.9 Å². The molecule has 0 aromatic heterocycles. The van der Waals surface area contributed by atoms with Crippen LogP contribution in [0.3, 0.4) is 0 Å². The molecule has 6 heteroatoms. The largest absolute Gasteiger partial charge is 0.393 e. The molecule has 2 amide bonds. The van der Waals surface area contributed by atoms with E-state index in [1.54, 1.807) is 23.9 Å². The molecule has 35 heavy (non-hydrogen) atoms. The molecule has 1 aliphatic rings. The topological polar surface area (TPSA) is 72.9 Å². The highest BCUT2D eigenvalue weighted by molar-refractivity contribution is 5.90. The van der Waals surface area contributed by atoms with Gasteiger partial charge in [-0.3, -0.25) is 9.59 Å². The van der Waals surface area contributed by atoms with Crippen molar-refractivity contribution in [3.63, 3.8) is 0 Å². The number of rotatable bonds is 8. The van der Waals surface area contributed by atoms with Crippen LogP contribution in [0.4, 0.5) is 0 Å². The molecule has 3 aromatic rings. The number of aliphatic hydroxyl groups excluding tert-OH is 1. The Kier molecular flexibility index (Phi) is 8.16. The van der Waals surface area contributed by atoms with Gasteiger partial charge in [-0.2, -0.15) is 0 Å². The molecule has 2 atom stereocenters. The third kappa shape index (κ3) is 6.08. The number of likely N-dealkylation sites (N-methyl/N-ethyl adjacent to an activating group) is 2. The van der Waals surface area contributed by atoms with E-state index in [0.717, 1.165) is 16.5 Å². The predicted octanol–water partition coefficient (Wildman–Crippen LogP) is 3.02. The minimum atomic E-state index is -0.604. The second kappa shape index (κ2) is 11.5. The van der Waals surface area contributed by atoms with E-state index in [4.69, 9.17) is 0 Å². The summed E-state index contributed by atoms with van der Waals surface area (Å²) in [6, 6.07) is 23.2. The standard InChI is InChI=1S/C29H35N3O3/c1-30-26(19-22-12-13-23-10-6-7-11-24(23)18-22)28(34)31(2)27(20-21-8-4-3-5-9-21)29(35)32-16-14-25(33)15-17-32/h3-13,18,25-27,30,33H,14-17,19-20H2,1-2H3/t26-,27-/m1/s1. The fourth-order valence-electron chi connectivity index (χ4n) is 4.84. The molecule has 0 aliphatic carbocycles. The second-order valence-electron chi connectivity index (χ2n) is 9.44. The maximum Gasteiger partial charge on any atom is 0.245 e. The minimum Gasteiger partial charge on any atom is -0.393 e. The van der Waals surface area contributed by atoms with Crippen LogP contribution in [0.15, 0.2) is 72.8 Å². The van der Waals surface area contributed by atoms with E-state index < -0.39 is 12.1 Å². The van der Waals surface area contributed by atoms with Gasteiger partial charge in [0, 0.05) is 26.6 Å². The van der Waals surface area contributed by atoms with Crippen LogP contribution < -0.4 is 5.32 Å². The first kappa shape index (κ1) is 24.9. The van der Waals surface area contributed by atoms with Crippen LogP contribution >= 0.6 is 0 Å². The summed E-state index contributed by atoms with van der Waals surface area (Å²) in [5, 5.41) is 15.4. The Bertz CT molecular complexity index is 1140. The number of aliphatic hydroxyl groups is 1. The normalized spacial score (nSPS) is 16.1. The van der Waals surface area contributed by atoms with Gasteiger partial charge in [0.2, 0.25) is 11.8 Å². The van der Waals surface area contributed by atoms with Gasteiger partial charge in [0.15, 0.2) is 0 Å². The Morgan fingerprint density at radius 1 is 0.943 bits per heavy atom. The number of amides is 2. The fraction of sp³-hybridized carbons (Fsp3) is 0.379. The number of nitrogens with one attached hydrogen (secondary N) is 1. The highest BCUT2D eigenvalue weighted by atomic mass is 16.3. The van der Waals surface area contributed by atoms with Crippen molar-refractivity contribution < 1.29 is 14.7 Å². The van der Waals surface area contributed by atoms with E-state index in [-0.39, 0.29) is 17.9 Å². The Morgan fingerprint density at radius 2 is 1.60 bits per heavy atom. The summed E-state index contributed by atoms with van der Waals surface area (Å²) in [5.74, 6) is -0.163. The monoisotopic (exact) mass is 473 g/mol. The van der Waals surface area contributed by atoms with Crippen molar-refractivity contribution in [1.29, 1.82) is 0 Å². The van der Waals surface area contributed by atoms with Crippen molar-refractivity contribution in [2.24, 2.45) is 0 Å². The number of fused-ring (bicyclic) bond motifs is 1. The van der Waals surface area contributed by atoms with E-state index in [9.17, 15) is 14.7 Å². The van der Waals surface area contributed by atoms with E-state index in [2.05, 4.69) is 35.6 Å². The maximum absolute atomic E-state index is 13.7. The molecule has 1 aliphatic heterocycles. The Hall–Kier alpha value is -3.22. The predicted molar refractivity (Wildman–Crippen MR) is 139 cm³/mol. The molecular weight excluding hydrogens is 438 g/mol. The van der Waals surface area contributed by atoms with E-state index in [0.29, 0.717) is 38.8 Å². The minimum absolute atomic E-state index is 0.0582. The molecule has 1 saturated heterocycles. The quantitative estimate of drug-likeness (QED) is 0.528. The molecular formula is C29H35N3O3. The second-order valence-corrected chi connectivity index (χ2v) is 9.44. The lowest BCUT2D eigenvalue weighted by molar-refractivity contribution is -0.146. The number of hydrogen-bond donors (Lipinski definition) is 2. The molecule has 184 valence electrons. The number of carbonyl (C=O) groups excluding carboxylic acids is 2. The molecule has 4 rings (SSSR count). The van der Waals surface area contributed by atoms with Crippen molar-refractivity contribution >= 4 is 22.6 Å². The average Bonchev–Trinajstić information content (AvgIpc) is 2.90. The summed E-state index contributed by atoms with van der Waals surface area (Å²) in [6.07, 6.45) is 1.77. The number of piperidine rings is 1. The van der Waals surface area contributed by atoms with E-state index >= 15 is 0 Å². The summed E-state index contributed by atoms with van der Waals surface area (Å²) < 4.78 is 0. The highest BCUT2D eigenvalue weighted by Crippen LogP contribution is 2.19. The summed E-state index contributed by atoms with van der Waals surface area (Å²) in [4.78, 5) is 30.7. The van der Waals surface area contributed by atoms with Crippen molar-refractivity contribution in [2.75, 3.05) is 27.2 Å². The van der Waals surface area contributed by atoms with Crippen LogP contribution in [0, 0.1) is 0 Å². The molecule has 6 nitrogen and oxygen atoms in total. The Balaban J connectivity index is 1.53. The maximum atomic E-state index is 13.7. The molecule has 0 unspecified atom stereocenters. The third-order valence-electron chi connectivity index (χ3n) is 7.05. The van der Waals surface area contributed by atoms with Crippen molar-refractivity contribution in [3.8, 4) is 0 Å². The lowest BCUT2D eigenvalue weighted by Gasteiger charge is -2.37. The molecule has 3 aromatic carbocycles. The summed E-state index contributed by atoms with van der Waals surface area (Å²) in [6.45, 7) is 1.03. The zero-order valence-corrected chi connectivity index (χ0v) is 20.6. The number of likely N-dealkylation sites (tertiary alicyclic amines) is 1. The first-order valence-corrected chi connectivity index (χ1v) is 12.4. The lowest BCUT2D eigenvalue weighted by atomic mass is 9.98. The van der Waals surface area contributed by atoms with Gasteiger partial charge in [0.1, 0.15) is 6.04 Å². The average molecular weight is 474 g/mol. The van der Waals surface area contributed by atoms with Gasteiger partial charge in [-0.15, -0.1) is 0 Å². The zero-order valence-electron chi connectivity index (χ0n) is 20.6. The van der Waals surface area contributed by atoms with E-state index in [1.165, 1.54) is 5.39 Å². The van der Waals surface area contributed by atoms with Crippen LogP contribution in [0.2, 0.25) is 0 Å². The molecule has 0 spiro atoms. The van der Waals surface area contributed by atoms with E-state index in [1.807, 2.05) is 42.5 Å². The van der Waals surface area contributed by atoms with Crippen LogP contribution in [0.25, 0.3) is 10.8 Å². The molecule has 0 saturated carbocycles.